The van der Waals surface area contributed by atoms with E-state index in [0.717, 1.165) is 12.8 Å². The fraction of sp³-hybridized carbons (Fsp3) is 0.455. The van der Waals surface area contributed by atoms with Crippen LogP contribution in [0.3, 0.4) is 0 Å². The summed E-state index contributed by atoms with van der Waals surface area (Å²) in [5.74, 6) is 2.60. The first kappa shape index (κ1) is 10.3. The van der Waals surface area contributed by atoms with Crippen molar-refractivity contribution < 1.29 is 0 Å². The summed E-state index contributed by atoms with van der Waals surface area (Å²) < 4.78 is 0. The molecule has 0 amide bonds. The number of terminal acetylenes is 1. The highest BCUT2D eigenvalue weighted by molar-refractivity contribution is 7.09. The van der Waals surface area contributed by atoms with Crippen LogP contribution in [0.2, 0.25) is 0 Å². The first-order valence-electron chi connectivity index (χ1n) is 4.56. The predicted molar refractivity (Wildman–Crippen MR) is 58.9 cm³/mol. The average molecular weight is 193 g/mol. The van der Waals surface area contributed by atoms with E-state index in [0.29, 0.717) is 12.6 Å². The summed E-state index contributed by atoms with van der Waals surface area (Å²) in [7, 11) is 0. The van der Waals surface area contributed by atoms with Crippen molar-refractivity contribution in [3.05, 3.63) is 22.4 Å². The van der Waals surface area contributed by atoms with Crippen LogP contribution in [0.5, 0.6) is 0 Å². The lowest BCUT2D eigenvalue weighted by Crippen LogP contribution is -2.30. The lowest BCUT2D eigenvalue weighted by atomic mass is 10.1. The highest BCUT2D eigenvalue weighted by Gasteiger charge is 2.05. The maximum atomic E-state index is 5.20. The second-order valence-corrected chi connectivity index (χ2v) is 4.01. The first-order valence-corrected chi connectivity index (χ1v) is 5.44. The molecule has 1 heterocycles. The summed E-state index contributed by atoms with van der Waals surface area (Å²) in [6.07, 6.45) is 7.41. The molecule has 0 bridgehead atoms. The maximum Gasteiger partial charge on any atom is 0.0576 e. The van der Waals surface area contributed by atoms with Gasteiger partial charge < -0.3 is 5.32 Å². The van der Waals surface area contributed by atoms with Gasteiger partial charge in [0, 0.05) is 10.9 Å². The SMILES string of the molecule is C#CCNC(CC)Cc1cccs1. The van der Waals surface area contributed by atoms with E-state index in [1.807, 2.05) is 11.3 Å². The Kier molecular flexibility index (Phi) is 4.59. The number of rotatable bonds is 5. The molecule has 70 valence electrons. The van der Waals surface area contributed by atoms with Gasteiger partial charge in [-0.25, -0.2) is 0 Å². The van der Waals surface area contributed by atoms with E-state index in [9.17, 15) is 0 Å². The van der Waals surface area contributed by atoms with Crippen LogP contribution < -0.4 is 5.32 Å². The van der Waals surface area contributed by atoms with E-state index in [-0.39, 0.29) is 0 Å². The molecular formula is C11H15NS. The normalized spacial score (nSPS) is 12.3. The van der Waals surface area contributed by atoms with Crippen LogP contribution in [0.4, 0.5) is 0 Å². The minimum atomic E-state index is 0.523. The summed E-state index contributed by atoms with van der Waals surface area (Å²) >= 11 is 1.81. The summed E-state index contributed by atoms with van der Waals surface area (Å²) in [5, 5.41) is 5.44. The van der Waals surface area contributed by atoms with Gasteiger partial charge in [-0.05, 0) is 24.3 Å². The molecule has 1 nitrogen and oxygen atoms in total. The molecule has 0 spiro atoms. The van der Waals surface area contributed by atoms with Crippen LogP contribution in [0.15, 0.2) is 17.5 Å². The Morgan fingerprint density at radius 3 is 3.08 bits per heavy atom. The quantitative estimate of drug-likeness (QED) is 0.707. The zero-order chi connectivity index (χ0) is 9.52. The van der Waals surface area contributed by atoms with E-state index in [4.69, 9.17) is 6.42 Å². The maximum absolute atomic E-state index is 5.20. The van der Waals surface area contributed by atoms with Crippen LogP contribution >= 0.6 is 11.3 Å². The van der Waals surface area contributed by atoms with Crippen molar-refractivity contribution in [1.82, 2.24) is 5.32 Å². The molecule has 0 radical (unpaired) electrons. The zero-order valence-electron chi connectivity index (χ0n) is 7.92. The van der Waals surface area contributed by atoms with Gasteiger partial charge in [-0.15, -0.1) is 17.8 Å². The number of hydrogen-bond acceptors (Lipinski definition) is 2. The highest BCUT2D eigenvalue weighted by atomic mass is 32.1. The van der Waals surface area contributed by atoms with Gasteiger partial charge in [0.1, 0.15) is 0 Å². The second-order valence-electron chi connectivity index (χ2n) is 2.97. The van der Waals surface area contributed by atoms with Crippen molar-refractivity contribution in [3.63, 3.8) is 0 Å². The lowest BCUT2D eigenvalue weighted by molar-refractivity contribution is 0.529. The molecule has 1 unspecified atom stereocenters. The van der Waals surface area contributed by atoms with Gasteiger partial charge in [0.05, 0.1) is 6.54 Å². The molecule has 2 heteroatoms. The molecular weight excluding hydrogens is 178 g/mol. The summed E-state index contributed by atoms with van der Waals surface area (Å²) in [5.41, 5.74) is 0. The Morgan fingerprint density at radius 1 is 1.69 bits per heavy atom. The zero-order valence-corrected chi connectivity index (χ0v) is 8.73. The molecule has 1 N–H and O–H groups in total. The van der Waals surface area contributed by atoms with E-state index in [2.05, 4.69) is 35.7 Å². The van der Waals surface area contributed by atoms with E-state index in [1.54, 1.807) is 0 Å². The summed E-state index contributed by atoms with van der Waals surface area (Å²) in [6.45, 7) is 2.85. The third kappa shape index (κ3) is 3.63. The molecule has 1 atom stereocenters. The third-order valence-corrected chi connectivity index (χ3v) is 2.91. The van der Waals surface area contributed by atoms with Crippen molar-refractivity contribution in [2.45, 2.75) is 25.8 Å². The van der Waals surface area contributed by atoms with Crippen LogP contribution in [0.1, 0.15) is 18.2 Å². The van der Waals surface area contributed by atoms with Crippen LogP contribution in [-0.2, 0) is 6.42 Å². The molecule has 1 rings (SSSR count). The molecule has 0 aliphatic heterocycles. The molecule has 0 aliphatic carbocycles. The Labute approximate surface area is 84.2 Å². The lowest BCUT2D eigenvalue weighted by Gasteiger charge is -2.13. The van der Waals surface area contributed by atoms with Crippen molar-refractivity contribution >= 4 is 11.3 Å². The first-order chi connectivity index (χ1) is 6.36. The minimum Gasteiger partial charge on any atom is -0.303 e. The van der Waals surface area contributed by atoms with Crippen molar-refractivity contribution in [2.24, 2.45) is 0 Å². The predicted octanol–water partition coefficient (Wildman–Crippen LogP) is 2.29. The van der Waals surface area contributed by atoms with Gasteiger partial charge in [0.2, 0.25) is 0 Å². The van der Waals surface area contributed by atoms with Gasteiger partial charge in [0.25, 0.3) is 0 Å². The Bertz CT molecular complexity index is 258. The van der Waals surface area contributed by atoms with Gasteiger partial charge in [-0.1, -0.05) is 18.9 Å². The molecule has 13 heavy (non-hydrogen) atoms. The van der Waals surface area contributed by atoms with E-state index >= 15 is 0 Å². The van der Waals surface area contributed by atoms with E-state index in [1.165, 1.54) is 4.88 Å². The van der Waals surface area contributed by atoms with Gasteiger partial charge in [0.15, 0.2) is 0 Å². The molecule has 1 aromatic rings. The molecule has 0 aromatic carbocycles. The average Bonchev–Trinajstić information content (AvgIpc) is 2.64. The van der Waals surface area contributed by atoms with E-state index < -0.39 is 0 Å². The topological polar surface area (TPSA) is 12.0 Å². The Morgan fingerprint density at radius 2 is 2.54 bits per heavy atom. The van der Waals surface area contributed by atoms with Gasteiger partial charge in [-0.2, -0.15) is 0 Å². The van der Waals surface area contributed by atoms with Crippen LogP contribution in [0, 0.1) is 12.3 Å². The van der Waals surface area contributed by atoms with Crippen molar-refractivity contribution in [3.8, 4) is 12.3 Å². The fourth-order valence-corrected chi connectivity index (χ4v) is 2.02. The highest BCUT2D eigenvalue weighted by Crippen LogP contribution is 2.12. The van der Waals surface area contributed by atoms with Crippen LogP contribution in [-0.4, -0.2) is 12.6 Å². The molecule has 0 aliphatic rings. The second kappa shape index (κ2) is 5.80. The standard InChI is InChI=1S/C11H15NS/c1-3-7-12-10(4-2)9-11-6-5-8-13-11/h1,5-6,8,10,12H,4,7,9H2,2H3. The molecule has 0 saturated carbocycles. The molecule has 1 aromatic heterocycles. The number of nitrogens with one attached hydrogen (secondary N) is 1. The number of hydrogen-bond donors (Lipinski definition) is 1. The molecule has 0 saturated heterocycles. The largest absolute Gasteiger partial charge is 0.303 e. The third-order valence-electron chi connectivity index (χ3n) is 2.01. The monoisotopic (exact) mass is 193 g/mol. The van der Waals surface area contributed by atoms with Crippen molar-refractivity contribution in [2.75, 3.05) is 6.54 Å². The molecule has 0 fully saturated rings. The Balaban J connectivity index is 2.36. The van der Waals surface area contributed by atoms with Gasteiger partial charge in [-0.3, -0.25) is 0 Å². The summed E-state index contributed by atoms with van der Waals surface area (Å²) in [6, 6.07) is 4.79. The smallest absolute Gasteiger partial charge is 0.0576 e. The number of thiophene rings is 1. The van der Waals surface area contributed by atoms with Crippen molar-refractivity contribution in [1.29, 1.82) is 0 Å². The Hall–Kier alpha value is -0.780. The fourth-order valence-electron chi connectivity index (χ4n) is 1.24. The minimum absolute atomic E-state index is 0.523. The summed E-state index contributed by atoms with van der Waals surface area (Å²) in [4.78, 5) is 1.43. The van der Waals surface area contributed by atoms with Crippen LogP contribution in [0.25, 0.3) is 0 Å². The van der Waals surface area contributed by atoms with Gasteiger partial charge >= 0.3 is 0 Å².